The van der Waals surface area contributed by atoms with Gasteiger partial charge in [0, 0.05) is 18.5 Å². The van der Waals surface area contributed by atoms with Crippen LogP contribution in [0.15, 0.2) is 0 Å². The number of hydrogen-bond acceptors (Lipinski definition) is 6. The normalized spacial score (nSPS) is 10.6. The van der Waals surface area contributed by atoms with E-state index in [2.05, 4.69) is 0 Å². The molecule has 0 aromatic rings. The molecule has 0 fully saturated rings. The molecule has 10 heteroatoms. The third-order valence-electron chi connectivity index (χ3n) is 1.72. The number of hydrogen-bond donors (Lipinski definition) is 0. The zero-order valence-electron chi connectivity index (χ0n) is 14.4. The molecule has 6 nitrogen and oxygen atoms in total. The molecule has 0 bridgehead atoms. The van der Waals surface area contributed by atoms with E-state index in [0.717, 1.165) is 0 Å². The fourth-order valence-electron chi connectivity index (χ4n) is 1.00. The van der Waals surface area contributed by atoms with E-state index in [-0.39, 0.29) is 17.4 Å². The first-order valence-electron chi connectivity index (χ1n) is 6.97. The Kier molecular flexibility index (Phi) is 29.4. The van der Waals surface area contributed by atoms with E-state index >= 15 is 0 Å². The third kappa shape index (κ3) is 49.6. The van der Waals surface area contributed by atoms with Crippen molar-refractivity contribution in [3.63, 3.8) is 0 Å². The van der Waals surface area contributed by atoms with Crippen LogP contribution in [-0.4, -0.2) is 35.8 Å². The zero-order chi connectivity index (χ0) is 17.6. The topological polar surface area (TPSA) is 138 Å². The fraction of sp³-hybridized carbons (Fsp3) is 1.00. The summed E-state index contributed by atoms with van der Waals surface area (Å²) in [6.45, 7) is 11.3. The Bertz CT molecular complexity index is 156. The van der Waals surface area contributed by atoms with Gasteiger partial charge in [0.1, 0.15) is 0 Å². The standard InChI is InChI=1S/3C4H10O2P.Al/c3*1-4(2)3-7(5)6;/h3*4,7H,3H2,1-2H3;/q3*-1;+3. The van der Waals surface area contributed by atoms with Crippen LogP contribution in [0.2, 0.25) is 0 Å². The van der Waals surface area contributed by atoms with Crippen LogP contribution in [0.3, 0.4) is 0 Å². The molecule has 0 heterocycles. The van der Waals surface area contributed by atoms with E-state index in [1.54, 1.807) is 0 Å². The molecule has 0 aliphatic rings. The minimum atomic E-state index is -2.43. The van der Waals surface area contributed by atoms with Crippen LogP contribution >= 0.6 is 25.1 Å². The number of rotatable bonds is 6. The molecule has 0 unspecified atom stereocenters. The van der Waals surface area contributed by atoms with Gasteiger partial charge in [-0.25, -0.2) is 0 Å². The summed E-state index contributed by atoms with van der Waals surface area (Å²) >= 11 is 0. The fourth-order valence-corrected chi connectivity index (χ4v) is 3.00. The monoisotopic (exact) mass is 390 g/mol. The smallest absolute Gasteiger partial charge is 0.685 e. The van der Waals surface area contributed by atoms with E-state index < -0.39 is 25.1 Å². The van der Waals surface area contributed by atoms with Crippen molar-refractivity contribution < 1.29 is 29.4 Å². The summed E-state index contributed by atoms with van der Waals surface area (Å²) < 4.78 is 0. The Morgan fingerprint density at radius 1 is 0.500 bits per heavy atom. The second-order valence-electron chi connectivity index (χ2n) is 5.91. The van der Waals surface area contributed by atoms with E-state index in [0.29, 0.717) is 36.2 Å². The van der Waals surface area contributed by atoms with Gasteiger partial charge < -0.3 is 29.4 Å². The molecule has 0 rings (SSSR count). The molecule has 0 spiro atoms. The first-order valence-corrected chi connectivity index (χ1v) is 11.5. The van der Waals surface area contributed by atoms with Gasteiger partial charge in [-0.1, -0.05) is 41.5 Å². The molecule has 0 aliphatic carbocycles. The van der Waals surface area contributed by atoms with Crippen LogP contribution in [-0.2, 0) is 0 Å². The van der Waals surface area contributed by atoms with E-state index in [1.807, 2.05) is 41.5 Å². The van der Waals surface area contributed by atoms with Crippen LogP contribution < -0.4 is 29.4 Å². The van der Waals surface area contributed by atoms with Crippen molar-refractivity contribution in [1.29, 1.82) is 0 Å². The van der Waals surface area contributed by atoms with Crippen molar-refractivity contribution in [2.24, 2.45) is 17.8 Å². The van der Waals surface area contributed by atoms with Crippen molar-refractivity contribution in [3.8, 4) is 0 Å². The van der Waals surface area contributed by atoms with Crippen molar-refractivity contribution in [2.45, 2.75) is 41.5 Å². The van der Waals surface area contributed by atoms with Gasteiger partial charge in [-0.2, -0.15) is 0 Å². The zero-order valence-corrected chi connectivity index (χ0v) is 18.5. The van der Waals surface area contributed by atoms with Gasteiger partial charge >= 0.3 is 17.4 Å². The van der Waals surface area contributed by atoms with Gasteiger partial charge in [0.05, 0.1) is 0 Å². The predicted molar refractivity (Wildman–Crippen MR) is 89.8 cm³/mol. The first kappa shape index (κ1) is 31.4. The first-order chi connectivity index (χ1) is 9.38. The Morgan fingerprint density at radius 3 is 0.636 bits per heavy atom. The molecule has 0 aliphatic heterocycles. The average molecular weight is 390 g/mol. The second-order valence-corrected chi connectivity index (χ2v) is 9.37. The van der Waals surface area contributed by atoms with Crippen molar-refractivity contribution in [3.05, 3.63) is 0 Å². The molecular formula is C12H30AlO6P3. The Labute approximate surface area is 149 Å². The molecule has 0 radical (unpaired) electrons. The van der Waals surface area contributed by atoms with Gasteiger partial charge in [0.25, 0.3) is 0 Å². The van der Waals surface area contributed by atoms with Crippen LogP contribution in [0, 0.1) is 17.8 Å². The van der Waals surface area contributed by atoms with E-state index in [4.69, 9.17) is 0 Å². The van der Waals surface area contributed by atoms with Crippen LogP contribution in [0.1, 0.15) is 41.5 Å². The quantitative estimate of drug-likeness (QED) is 0.374. The van der Waals surface area contributed by atoms with Gasteiger partial charge in [-0.3, -0.25) is 0 Å². The summed E-state index contributed by atoms with van der Waals surface area (Å²) in [5, 5.41) is 0. The molecule has 0 N–H and O–H groups in total. The van der Waals surface area contributed by atoms with Gasteiger partial charge in [-0.05, 0) is 17.8 Å². The average Bonchev–Trinajstić information content (AvgIpc) is 2.10. The Hall–Kier alpha value is 1.58. The Morgan fingerprint density at radius 2 is 0.636 bits per heavy atom. The summed E-state index contributed by atoms with van der Waals surface area (Å²) in [5.41, 5.74) is 0. The summed E-state index contributed by atoms with van der Waals surface area (Å²) in [5.74, 6) is 0.886. The van der Waals surface area contributed by atoms with E-state index in [1.165, 1.54) is 0 Å². The SMILES string of the molecule is CC(C)C[PH+]([O-])[O-].CC(C)C[PH+]([O-])[O-].CC(C)C[PH+]([O-])[O-].[Al+3]. The predicted octanol–water partition coefficient (Wildman–Crippen LogP) is -2.16. The van der Waals surface area contributed by atoms with Crippen molar-refractivity contribution in [2.75, 3.05) is 18.5 Å². The van der Waals surface area contributed by atoms with Gasteiger partial charge in [0.2, 0.25) is 0 Å². The van der Waals surface area contributed by atoms with Crippen molar-refractivity contribution >= 4 is 42.5 Å². The third-order valence-corrected chi connectivity index (χ3v) is 5.17. The van der Waals surface area contributed by atoms with E-state index in [9.17, 15) is 29.4 Å². The molecule has 0 aromatic heterocycles. The molecule has 0 saturated heterocycles. The summed E-state index contributed by atoms with van der Waals surface area (Å²) in [6.07, 6.45) is 1.06. The van der Waals surface area contributed by atoms with Crippen LogP contribution in [0.25, 0.3) is 0 Å². The van der Waals surface area contributed by atoms with Gasteiger partial charge in [-0.15, -0.1) is 25.1 Å². The molecule has 22 heavy (non-hydrogen) atoms. The summed E-state index contributed by atoms with van der Waals surface area (Å²) in [6, 6.07) is 0. The van der Waals surface area contributed by atoms with Gasteiger partial charge in [0.15, 0.2) is 0 Å². The molecule has 0 amide bonds. The summed E-state index contributed by atoms with van der Waals surface area (Å²) in [7, 11) is -7.30. The largest absolute Gasteiger partial charge is 3.00 e. The Balaban J connectivity index is -0.000000108. The molecule has 0 atom stereocenters. The minimum Gasteiger partial charge on any atom is -0.685 e. The maximum Gasteiger partial charge on any atom is 3.00 e. The second kappa shape index (κ2) is 20.6. The molecule has 132 valence electrons. The minimum absolute atomic E-state index is 0. The van der Waals surface area contributed by atoms with Crippen LogP contribution in [0.5, 0.6) is 0 Å². The molecule has 0 aromatic carbocycles. The van der Waals surface area contributed by atoms with Crippen LogP contribution in [0.4, 0.5) is 0 Å². The maximum absolute atomic E-state index is 9.88. The summed E-state index contributed by atoms with van der Waals surface area (Å²) in [4.78, 5) is 59.3. The van der Waals surface area contributed by atoms with Crippen molar-refractivity contribution in [1.82, 2.24) is 0 Å². The maximum atomic E-state index is 9.88. The molecular weight excluding hydrogens is 360 g/mol. The molecule has 0 saturated carbocycles.